The van der Waals surface area contributed by atoms with Crippen LogP contribution in [0.15, 0.2) is 42.5 Å². The molecule has 0 bridgehead atoms. The van der Waals surface area contributed by atoms with Gasteiger partial charge in [-0.2, -0.15) is 0 Å². The van der Waals surface area contributed by atoms with Crippen LogP contribution in [0.5, 0.6) is 11.5 Å². The van der Waals surface area contributed by atoms with Crippen LogP contribution in [-0.4, -0.2) is 11.9 Å². The van der Waals surface area contributed by atoms with Gasteiger partial charge in [-0.05, 0) is 64.6 Å². The van der Waals surface area contributed by atoms with Gasteiger partial charge in [-0.1, -0.05) is 66.7 Å². The van der Waals surface area contributed by atoms with Crippen molar-refractivity contribution in [3.8, 4) is 11.5 Å². The zero-order valence-electron chi connectivity index (χ0n) is 20.5. The number of ether oxygens (including phenoxy) is 2. The molecule has 4 nitrogen and oxygen atoms in total. The van der Waals surface area contributed by atoms with E-state index in [0.717, 1.165) is 12.0 Å². The maximum absolute atomic E-state index is 12.2. The van der Waals surface area contributed by atoms with Crippen LogP contribution in [0.25, 0.3) is 0 Å². The Labute approximate surface area is 192 Å². The summed E-state index contributed by atoms with van der Waals surface area (Å²) < 4.78 is 11.1. The van der Waals surface area contributed by atoms with Crippen LogP contribution >= 0.6 is 0 Å². The van der Waals surface area contributed by atoms with Crippen LogP contribution in [0.4, 0.5) is 0 Å². The first-order valence-electron chi connectivity index (χ1n) is 11.6. The fourth-order valence-electron chi connectivity index (χ4n) is 4.87. The number of esters is 2. The van der Waals surface area contributed by atoms with E-state index in [1.165, 1.54) is 11.1 Å². The predicted molar refractivity (Wildman–Crippen MR) is 127 cm³/mol. The predicted octanol–water partition coefficient (Wildman–Crippen LogP) is 6.58. The highest BCUT2D eigenvalue weighted by Gasteiger charge is 2.46. The van der Waals surface area contributed by atoms with E-state index in [2.05, 4.69) is 26.8 Å². The Morgan fingerprint density at radius 3 is 1.81 bits per heavy atom. The van der Waals surface area contributed by atoms with Crippen molar-refractivity contribution >= 4 is 11.9 Å². The molecule has 172 valence electrons. The topological polar surface area (TPSA) is 52.6 Å². The second-order valence-corrected chi connectivity index (χ2v) is 10.8. The minimum absolute atomic E-state index is 0.00699. The van der Waals surface area contributed by atoms with Gasteiger partial charge in [0.15, 0.2) is 0 Å². The summed E-state index contributed by atoms with van der Waals surface area (Å²) in [6.07, 6.45) is 1.74. The summed E-state index contributed by atoms with van der Waals surface area (Å²) in [5, 5.41) is 0. The zero-order chi connectivity index (χ0) is 23.7. The maximum Gasteiger partial charge on any atom is 0.311 e. The van der Waals surface area contributed by atoms with E-state index in [1.54, 1.807) is 0 Å². The van der Waals surface area contributed by atoms with Gasteiger partial charge in [0, 0.05) is 18.3 Å². The van der Waals surface area contributed by atoms with Crippen molar-refractivity contribution in [2.75, 3.05) is 0 Å². The molecule has 3 rings (SSSR count). The highest BCUT2D eigenvalue weighted by molar-refractivity contribution is 5.73. The summed E-state index contributed by atoms with van der Waals surface area (Å²) in [4.78, 5) is 24.2. The first-order valence-corrected chi connectivity index (χ1v) is 11.6. The van der Waals surface area contributed by atoms with Crippen molar-refractivity contribution < 1.29 is 19.1 Å². The van der Waals surface area contributed by atoms with E-state index in [4.69, 9.17) is 9.47 Å². The van der Waals surface area contributed by atoms with Crippen LogP contribution in [0.1, 0.15) is 84.4 Å². The number of benzene rings is 2. The van der Waals surface area contributed by atoms with Crippen LogP contribution in [0, 0.1) is 11.8 Å². The number of carbonyl (C=O) groups excluding carboxylic acids is 2. The molecule has 0 amide bonds. The SMILES string of the molecule is CC(C)CC(=O)Oc1ccc(C2(C)CC(C)(C)c3ccc(OC(=O)CC(C)C)cc32)cc1. The number of carbonyl (C=O) groups is 2. The molecule has 1 aliphatic carbocycles. The van der Waals surface area contributed by atoms with Gasteiger partial charge in [0.25, 0.3) is 0 Å². The largest absolute Gasteiger partial charge is 0.427 e. The smallest absolute Gasteiger partial charge is 0.311 e. The van der Waals surface area contributed by atoms with Crippen molar-refractivity contribution in [3.63, 3.8) is 0 Å². The molecule has 0 spiro atoms. The second kappa shape index (κ2) is 9.09. The van der Waals surface area contributed by atoms with Crippen molar-refractivity contribution in [1.82, 2.24) is 0 Å². The molecule has 0 heterocycles. The Bertz CT molecular complexity index is 985. The summed E-state index contributed by atoms with van der Waals surface area (Å²) in [5.74, 6) is 1.27. The quantitative estimate of drug-likeness (QED) is 0.363. The normalized spacial score (nSPS) is 19.2. The van der Waals surface area contributed by atoms with Crippen molar-refractivity contribution in [2.24, 2.45) is 11.8 Å². The minimum atomic E-state index is -0.236. The fourth-order valence-corrected chi connectivity index (χ4v) is 4.87. The molecule has 0 N–H and O–H groups in total. The molecule has 0 aliphatic heterocycles. The maximum atomic E-state index is 12.2. The van der Waals surface area contributed by atoms with Crippen LogP contribution < -0.4 is 9.47 Å². The fraction of sp³-hybridized carbons (Fsp3) is 0.500. The van der Waals surface area contributed by atoms with Gasteiger partial charge in [0.2, 0.25) is 0 Å². The van der Waals surface area contributed by atoms with Gasteiger partial charge in [0.05, 0.1) is 0 Å². The zero-order valence-corrected chi connectivity index (χ0v) is 20.5. The lowest BCUT2D eigenvalue weighted by atomic mass is 9.75. The molecule has 1 atom stereocenters. The average Bonchev–Trinajstić information content (AvgIpc) is 2.87. The van der Waals surface area contributed by atoms with Crippen LogP contribution in [0.3, 0.4) is 0 Å². The lowest BCUT2D eigenvalue weighted by molar-refractivity contribution is -0.136. The van der Waals surface area contributed by atoms with Gasteiger partial charge in [-0.3, -0.25) is 9.59 Å². The Morgan fingerprint density at radius 2 is 1.28 bits per heavy atom. The van der Waals surface area contributed by atoms with E-state index in [0.29, 0.717) is 24.3 Å². The van der Waals surface area contributed by atoms with E-state index in [-0.39, 0.29) is 34.6 Å². The van der Waals surface area contributed by atoms with E-state index in [1.807, 2.05) is 64.1 Å². The van der Waals surface area contributed by atoms with E-state index < -0.39 is 0 Å². The molecule has 2 aromatic carbocycles. The third-order valence-corrected chi connectivity index (χ3v) is 6.21. The van der Waals surface area contributed by atoms with Gasteiger partial charge < -0.3 is 9.47 Å². The van der Waals surface area contributed by atoms with Crippen molar-refractivity contribution in [2.45, 2.75) is 78.6 Å². The highest BCUT2D eigenvalue weighted by atomic mass is 16.5. The summed E-state index contributed by atoms with van der Waals surface area (Å²) in [5.41, 5.74) is 3.36. The summed E-state index contributed by atoms with van der Waals surface area (Å²) in [6, 6.07) is 13.9. The molecule has 0 saturated heterocycles. The minimum Gasteiger partial charge on any atom is -0.427 e. The molecule has 4 heteroatoms. The Morgan fingerprint density at radius 1 is 0.781 bits per heavy atom. The molecule has 32 heavy (non-hydrogen) atoms. The summed E-state index contributed by atoms with van der Waals surface area (Å²) in [7, 11) is 0. The monoisotopic (exact) mass is 436 g/mol. The summed E-state index contributed by atoms with van der Waals surface area (Å²) in [6.45, 7) is 14.8. The molecule has 0 saturated carbocycles. The molecule has 2 aromatic rings. The summed E-state index contributed by atoms with van der Waals surface area (Å²) >= 11 is 0. The van der Waals surface area contributed by atoms with Crippen molar-refractivity contribution in [3.05, 3.63) is 59.2 Å². The third-order valence-electron chi connectivity index (χ3n) is 6.21. The van der Waals surface area contributed by atoms with Crippen LogP contribution in [0.2, 0.25) is 0 Å². The van der Waals surface area contributed by atoms with Crippen molar-refractivity contribution in [1.29, 1.82) is 0 Å². The Balaban J connectivity index is 1.89. The number of hydrogen-bond donors (Lipinski definition) is 0. The Hall–Kier alpha value is -2.62. The van der Waals surface area contributed by atoms with Crippen LogP contribution in [-0.2, 0) is 20.4 Å². The standard InChI is InChI=1S/C28H36O4/c1-18(2)14-25(29)31-21-10-8-20(9-11-21)28(7)17-27(5,6)23-13-12-22(16-24(23)28)32-26(30)15-19(3)4/h8-13,16,18-19H,14-15,17H2,1-7H3. The van der Waals surface area contributed by atoms with Gasteiger partial charge in [-0.15, -0.1) is 0 Å². The Kier molecular flexibility index (Phi) is 6.83. The number of hydrogen-bond acceptors (Lipinski definition) is 4. The van der Waals surface area contributed by atoms with Gasteiger partial charge in [-0.25, -0.2) is 0 Å². The molecule has 0 aromatic heterocycles. The first kappa shape index (κ1) is 24.0. The highest BCUT2D eigenvalue weighted by Crippen LogP contribution is 2.53. The van der Waals surface area contributed by atoms with Gasteiger partial charge >= 0.3 is 11.9 Å². The third kappa shape index (κ3) is 5.23. The molecular formula is C28H36O4. The van der Waals surface area contributed by atoms with E-state index in [9.17, 15) is 9.59 Å². The second-order valence-electron chi connectivity index (χ2n) is 10.8. The molecule has 1 aliphatic rings. The van der Waals surface area contributed by atoms with E-state index >= 15 is 0 Å². The molecule has 0 fully saturated rings. The van der Waals surface area contributed by atoms with Gasteiger partial charge in [0.1, 0.15) is 11.5 Å². The average molecular weight is 437 g/mol. The number of fused-ring (bicyclic) bond motifs is 1. The number of rotatable bonds is 7. The lowest BCUT2D eigenvalue weighted by Crippen LogP contribution is -2.23. The molecule has 0 radical (unpaired) electrons. The first-order chi connectivity index (χ1) is 14.9. The molecular weight excluding hydrogens is 400 g/mol. The molecule has 1 unspecified atom stereocenters. The lowest BCUT2D eigenvalue weighted by Gasteiger charge is -2.28.